The first-order chi connectivity index (χ1) is 5.57. The highest BCUT2D eigenvalue weighted by Crippen LogP contribution is 2.40. The van der Waals surface area contributed by atoms with E-state index in [1.54, 1.807) is 0 Å². The summed E-state index contributed by atoms with van der Waals surface area (Å²) in [5, 5.41) is 0. The van der Waals surface area contributed by atoms with E-state index in [4.69, 9.17) is 0 Å². The molecule has 1 heterocycles. The van der Waals surface area contributed by atoms with Crippen molar-refractivity contribution in [1.29, 1.82) is 0 Å². The van der Waals surface area contributed by atoms with E-state index in [0.29, 0.717) is 0 Å². The van der Waals surface area contributed by atoms with Crippen molar-refractivity contribution in [3.05, 3.63) is 24.0 Å². The Hall–Kier alpha value is -1.39. The van der Waals surface area contributed by atoms with Gasteiger partial charge in [-0.25, -0.2) is 4.39 Å². The van der Waals surface area contributed by atoms with Crippen molar-refractivity contribution in [2.24, 2.45) is 0 Å². The number of halogens is 3. The van der Waals surface area contributed by atoms with Gasteiger partial charge in [0.15, 0.2) is 11.5 Å². The summed E-state index contributed by atoms with van der Waals surface area (Å²) in [6, 6.07) is 2.95. The average molecular weight is 176 g/mol. The van der Waals surface area contributed by atoms with Gasteiger partial charge in [-0.3, -0.25) is 0 Å². The van der Waals surface area contributed by atoms with Gasteiger partial charge in [-0.15, -0.1) is 8.78 Å². The molecule has 5 heteroatoms. The minimum atomic E-state index is -3.67. The Morgan fingerprint density at radius 3 is 2.50 bits per heavy atom. The Morgan fingerprint density at radius 2 is 1.75 bits per heavy atom. The largest absolute Gasteiger partial charge is 0.586 e. The summed E-state index contributed by atoms with van der Waals surface area (Å²) in [5.41, 5.74) is 0. The van der Waals surface area contributed by atoms with Gasteiger partial charge in [0.1, 0.15) is 5.82 Å². The molecule has 0 radical (unpaired) electrons. The zero-order valence-corrected chi connectivity index (χ0v) is 5.68. The molecule has 0 amide bonds. The second kappa shape index (κ2) is 2.06. The highest BCUT2D eigenvalue weighted by molar-refractivity contribution is 5.42. The zero-order chi connectivity index (χ0) is 8.77. The lowest BCUT2D eigenvalue weighted by Gasteiger charge is -2.04. The van der Waals surface area contributed by atoms with E-state index in [1.807, 2.05) is 0 Å². The molecular weight excluding hydrogens is 173 g/mol. The van der Waals surface area contributed by atoms with Crippen LogP contribution >= 0.6 is 0 Å². The number of hydrogen-bond acceptors (Lipinski definition) is 2. The van der Waals surface area contributed by atoms with Crippen molar-refractivity contribution in [3.63, 3.8) is 0 Å². The van der Waals surface area contributed by atoms with E-state index in [0.717, 1.165) is 18.2 Å². The van der Waals surface area contributed by atoms with E-state index in [2.05, 4.69) is 9.47 Å². The van der Waals surface area contributed by atoms with Crippen molar-refractivity contribution in [3.8, 4) is 11.5 Å². The standard InChI is InChI=1S/C7H3F3O2/c8-4-1-2-5-6(3-4)12-7(9,10)11-5/h1-3H. The van der Waals surface area contributed by atoms with E-state index < -0.39 is 12.1 Å². The molecule has 0 N–H and O–H groups in total. The maximum absolute atomic E-state index is 12.4. The molecule has 0 saturated heterocycles. The lowest BCUT2D eigenvalue weighted by Crippen LogP contribution is -2.25. The van der Waals surface area contributed by atoms with E-state index in [1.165, 1.54) is 0 Å². The highest BCUT2D eigenvalue weighted by Gasteiger charge is 2.43. The van der Waals surface area contributed by atoms with Gasteiger partial charge in [0.05, 0.1) is 0 Å². The second-order valence-corrected chi connectivity index (χ2v) is 2.26. The number of rotatable bonds is 0. The molecule has 1 aromatic carbocycles. The fourth-order valence-electron chi connectivity index (χ4n) is 0.923. The number of hydrogen-bond donors (Lipinski definition) is 0. The predicted molar refractivity (Wildman–Crippen MR) is 32.6 cm³/mol. The summed E-state index contributed by atoms with van der Waals surface area (Å²) in [6.07, 6.45) is -3.67. The van der Waals surface area contributed by atoms with Gasteiger partial charge in [-0.2, -0.15) is 0 Å². The molecule has 0 aromatic heterocycles. The Kier molecular flexibility index (Phi) is 1.25. The molecule has 0 bridgehead atoms. The summed E-state index contributed by atoms with van der Waals surface area (Å²) < 4.78 is 45.0. The molecule has 12 heavy (non-hydrogen) atoms. The molecule has 1 aromatic rings. The van der Waals surface area contributed by atoms with Crippen LogP contribution in [0, 0.1) is 5.82 Å². The van der Waals surface area contributed by atoms with Gasteiger partial charge in [0, 0.05) is 6.07 Å². The molecule has 0 spiro atoms. The fourth-order valence-corrected chi connectivity index (χ4v) is 0.923. The first-order valence-electron chi connectivity index (χ1n) is 3.12. The van der Waals surface area contributed by atoms with Gasteiger partial charge in [0.2, 0.25) is 0 Å². The average Bonchev–Trinajstić information content (AvgIpc) is 2.21. The van der Waals surface area contributed by atoms with Crippen LogP contribution in [0.4, 0.5) is 13.2 Å². The van der Waals surface area contributed by atoms with Gasteiger partial charge in [-0.1, -0.05) is 0 Å². The van der Waals surface area contributed by atoms with Gasteiger partial charge in [0.25, 0.3) is 0 Å². The third-order valence-electron chi connectivity index (χ3n) is 1.36. The predicted octanol–water partition coefficient (Wildman–Crippen LogP) is 2.15. The summed E-state index contributed by atoms with van der Waals surface area (Å²) in [5.74, 6) is -1.07. The van der Waals surface area contributed by atoms with Crippen molar-refractivity contribution in [2.45, 2.75) is 6.29 Å². The lowest BCUT2D eigenvalue weighted by atomic mass is 10.3. The molecule has 2 nitrogen and oxygen atoms in total. The lowest BCUT2D eigenvalue weighted by molar-refractivity contribution is -0.286. The van der Waals surface area contributed by atoms with Gasteiger partial charge < -0.3 is 9.47 Å². The molecule has 0 unspecified atom stereocenters. The van der Waals surface area contributed by atoms with Crippen LogP contribution < -0.4 is 9.47 Å². The number of fused-ring (bicyclic) bond motifs is 1. The van der Waals surface area contributed by atoms with Crippen LogP contribution in [0.2, 0.25) is 0 Å². The summed E-state index contributed by atoms with van der Waals surface area (Å²) >= 11 is 0. The van der Waals surface area contributed by atoms with Crippen molar-refractivity contribution < 1.29 is 22.6 Å². The quantitative estimate of drug-likeness (QED) is 0.602. The highest BCUT2D eigenvalue weighted by atomic mass is 19.3. The topological polar surface area (TPSA) is 18.5 Å². The molecule has 1 aliphatic heterocycles. The Morgan fingerprint density at radius 1 is 1.08 bits per heavy atom. The van der Waals surface area contributed by atoms with Crippen LogP contribution in [0.1, 0.15) is 0 Å². The van der Waals surface area contributed by atoms with Crippen molar-refractivity contribution in [2.75, 3.05) is 0 Å². The number of ether oxygens (including phenoxy) is 2. The van der Waals surface area contributed by atoms with Crippen LogP contribution in [0.3, 0.4) is 0 Å². The van der Waals surface area contributed by atoms with Crippen molar-refractivity contribution >= 4 is 0 Å². The normalized spacial score (nSPS) is 17.9. The number of benzene rings is 1. The zero-order valence-electron chi connectivity index (χ0n) is 5.68. The van der Waals surface area contributed by atoms with Crippen molar-refractivity contribution in [1.82, 2.24) is 0 Å². The molecule has 0 aliphatic carbocycles. The minimum absolute atomic E-state index is 0.151. The smallest absolute Gasteiger partial charge is 0.395 e. The van der Waals surface area contributed by atoms with E-state index >= 15 is 0 Å². The first kappa shape index (κ1) is 7.27. The van der Waals surface area contributed by atoms with E-state index in [-0.39, 0.29) is 11.5 Å². The molecule has 0 fully saturated rings. The molecule has 1 aliphatic rings. The van der Waals surface area contributed by atoms with Gasteiger partial charge in [-0.05, 0) is 12.1 Å². The summed E-state index contributed by atoms with van der Waals surface area (Å²) in [7, 11) is 0. The molecule has 0 atom stereocenters. The fraction of sp³-hybridized carbons (Fsp3) is 0.143. The maximum Gasteiger partial charge on any atom is 0.586 e. The van der Waals surface area contributed by atoms with Crippen LogP contribution in [0.5, 0.6) is 11.5 Å². The van der Waals surface area contributed by atoms with E-state index in [9.17, 15) is 13.2 Å². The van der Waals surface area contributed by atoms with Gasteiger partial charge >= 0.3 is 6.29 Å². The first-order valence-corrected chi connectivity index (χ1v) is 3.12. The van der Waals surface area contributed by atoms with Crippen LogP contribution in [-0.2, 0) is 0 Å². The molecular formula is C7H3F3O2. The molecule has 2 rings (SSSR count). The Bertz CT molecular complexity index is 324. The maximum atomic E-state index is 12.4. The summed E-state index contributed by atoms with van der Waals surface area (Å²) in [4.78, 5) is 0. The third kappa shape index (κ3) is 1.07. The van der Waals surface area contributed by atoms with Crippen LogP contribution in [-0.4, -0.2) is 6.29 Å². The monoisotopic (exact) mass is 176 g/mol. The molecule has 64 valence electrons. The SMILES string of the molecule is Fc1ccc2c(c1)OC(F)(F)O2. The third-order valence-corrected chi connectivity index (χ3v) is 1.36. The Labute approximate surface area is 65.5 Å². The molecule has 0 saturated carbocycles. The second-order valence-electron chi connectivity index (χ2n) is 2.26. The van der Waals surface area contributed by atoms with Crippen LogP contribution in [0.15, 0.2) is 18.2 Å². The summed E-state index contributed by atoms with van der Waals surface area (Å²) in [6.45, 7) is 0. The minimum Gasteiger partial charge on any atom is -0.395 e. The Balaban J connectivity index is 2.43. The number of alkyl halides is 2. The van der Waals surface area contributed by atoms with Crippen LogP contribution in [0.25, 0.3) is 0 Å².